The molecule has 2 aromatic rings. The Balaban J connectivity index is 1.65. The standard InChI is InChI=1S/C16H23N3O/c1-14(12-17-13-16-7-5-11-20-16)19(2)10-8-15-6-3-4-9-18-15/h3-7,9,11,14,17H,8,10,12-13H2,1-2H3. The number of rotatable bonds is 8. The summed E-state index contributed by atoms with van der Waals surface area (Å²) in [6.07, 6.45) is 4.54. The molecule has 108 valence electrons. The van der Waals surface area contributed by atoms with E-state index in [0.29, 0.717) is 6.04 Å². The molecule has 4 nitrogen and oxygen atoms in total. The molecule has 0 radical (unpaired) electrons. The van der Waals surface area contributed by atoms with Crippen LogP contribution in [0.15, 0.2) is 47.2 Å². The van der Waals surface area contributed by atoms with Gasteiger partial charge in [-0.25, -0.2) is 0 Å². The average Bonchev–Trinajstić information content (AvgIpc) is 2.99. The minimum absolute atomic E-state index is 0.480. The first-order valence-corrected chi connectivity index (χ1v) is 7.09. The Labute approximate surface area is 120 Å². The van der Waals surface area contributed by atoms with Crippen LogP contribution in [0.2, 0.25) is 0 Å². The number of furan rings is 1. The van der Waals surface area contributed by atoms with Gasteiger partial charge in [0.25, 0.3) is 0 Å². The summed E-state index contributed by atoms with van der Waals surface area (Å²) in [5.74, 6) is 0.980. The van der Waals surface area contributed by atoms with Crippen LogP contribution in [0.1, 0.15) is 18.4 Å². The van der Waals surface area contributed by atoms with Crippen LogP contribution >= 0.6 is 0 Å². The van der Waals surface area contributed by atoms with Gasteiger partial charge in [0.2, 0.25) is 0 Å². The highest BCUT2D eigenvalue weighted by molar-refractivity contribution is 5.03. The van der Waals surface area contributed by atoms with E-state index in [2.05, 4.69) is 35.2 Å². The lowest BCUT2D eigenvalue weighted by Gasteiger charge is -2.24. The van der Waals surface area contributed by atoms with Crippen molar-refractivity contribution in [1.29, 1.82) is 0 Å². The predicted molar refractivity (Wildman–Crippen MR) is 80.4 cm³/mol. The number of aromatic nitrogens is 1. The summed E-state index contributed by atoms with van der Waals surface area (Å²) in [5.41, 5.74) is 1.15. The van der Waals surface area contributed by atoms with Crippen LogP contribution in [0.4, 0.5) is 0 Å². The molecular formula is C16H23N3O. The number of hydrogen-bond donors (Lipinski definition) is 1. The molecule has 4 heteroatoms. The Hall–Kier alpha value is -1.65. The highest BCUT2D eigenvalue weighted by Gasteiger charge is 2.09. The molecule has 0 fully saturated rings. The molecule has 1 unspecified atom stereocenters. The summed E-state index contributed by atoms with van der Waals surface area (Å²) in [6.45, 7) is 4.97. The largest absolute Gasteiger partial charge is 0.468 e. The number of nitrogens with one attached hydrogen (secondary N) is 1. The van der Waals surface area contributed by atoms with Gasteiger partial charge in [0.1, 0.15) is 5.76 Å². The van der Waals surface area contributed by atoms with Gasteiger partial charge in [-0.1, -0.05) is 6.07 Å². The molecule has 1 N–H and O–H groups in total. The molecule has 0 aliphatic rings. The van der Waals surface area contributed by atoms with E-state index in [-0.39, 0.29) is 0 Å². The molecule has 0 spiro atoms. The van der Waals surface area contributed by atoms with Gasteiger partial charge in [-0.05, 0) is 38.2 Å². The Kier molecular flexibility index (Phi) is 5.77. The maximum absolute atomic E-state index is 5.30. The van der Waals surface area contributed by atoms with Crippen molar-refractivity contribution in [3.8, 4) is 0 Å². The summed E-state index contributed by atoms with van der Waals surface area (Å²) in [4.78, 5) is 6.70. The first kappa shape index (κ1) is 14.8. The predicted octanol–water partition coefficient (Wildman–Crippen LogP) is 2.33. The van der Waals surface area contributed by atoms with Crippen molar-refractivity contribution in [3.05, 3.63) is 54.2 Å². The first-order valence-electron chi connectivity index (χ1n) is 7.09. The van der Waals surface area contributed by atoms with E-state index >= 15 is 0 Å². The third-order valence-electron chi connectivity index (χ3n) is 3.52. The average molecular weight is 273 g/mol. The molecule has 0 saturated carbocycles. The topological polar surface area (TPSA) is 41.3 Å². The van der Waals surface area contributed by atoms with Gasteiger partial charge in [-0.3, -0.25) is 4.98 Å². The minimum atomic E-state index is 0.480. The Morgan fingerprint density at radius 1 is 1.30 bits per heavy atom. The maximum atomic E-state index is 5.30. The maximum Gasteiger partial charge on any atom is 0.117 e. The van der Waals surface area contributed by atoms with Gasteiger partial charge >= 0.3 is 0 Å². The lowest BCUT2D eigenvalue weighted by atomic mass is 10.2. The summed E-state index contributed by atoms with van der Waals surface area (Å²) < 4.78 is 5.30. The molecular weight excluding hydrogens is 250 g/mol. The van der Waals surface area contributed by atoms with Crippen molar-refractivity contribution < 1.29 is 4.42 Å². The van der Waals surface area contributed by atoms with Crippen LogP contribution in [-0.2, 0) is 13.0 Å². The lowest BCUT2D eigenvalue weighted by Crippen LogP contribution is -2.38. The van der Waals surface area contributed by atoms with Crippen molar-refractivity contribution in [2.75, 3.05) is 20.1 Å². The van der Waals surface area contributed by atoms with E-state index in [0.717, 1.165) is 37.5 Å². The molecule has 1 atom stereocenters. The molecule has 20 heavy (non-hydrogen) atoms. The molecule has 0 aliphatic heterocycles. The van der Waals surface area contributed by atoms with Crippen molar-refractivity contribution in [2.45, 2.75) is 25.9 Å². The zero-order valence-corrected chi connectivity index (χ0v) is 12.2. The second-order valence-electron chi connectivity index (χ2n) is 5.11. The zero-order valence-electron chi connectivity index (χ0n) is 12.2. The van der Waals surface area contributed by atoms with E-state index < -0.39 is 0 Å². The Morgan fingerprint density at radius 2 is 2.20 bits per heavy atom. The zero-order chi connectivity index (χ0) is 14.2. The van der Waals surface area contributed by atoms with Crippen LogP contribution in [0.25, 0.3) is 0 Å². The quantitative estimate of drug-likeness (QED) is 0.801. The molecule has 2 aromatic heterocycles. The van der Waals surface area contributed by atoms with Crippen LogP contribution < -0.4 is 5.32 Å². The fourth-order valence-corrected chi connectivity index (χ4v) is 2.03. The van der Waals surface area contributed by atoms with Crippen LogP contribution in [0, 0.1) is 0 Å². The summed E-state index contributed by atoms with van der Waals surface area (Å²) >= 11 is 0. The minimum Gasteiger partial charge on any atom is -0.468 e. The molecule has 2 heterocycles. The van der Waals surface area contributed by atoms with Crippen molar-refractivity contribution in [2.24, 2.45) is 0 Å². The van der Waals surface area contributed by atoms with E-state index in [1.54, 1.807) is 6.26 Å². The lowest BCUT2D eigenvalue weighted by molar-refractivity contribution is 0.251. The monoisotopic (exact) mass is 273 g/mol. The van der Waals surface area contributed by atoms with Gasteiger partial charge in [0, 0.05) is 37.4 Å². The first-order chi connectivity index (χ1) is 9.75. The summed E-state index contributed by atoms with van der Waals surface area (Å²) in [6, 6.07) is 10.5. The number of nitrogens with zero attached hydrogens (tertiary/aromatic N) is 2. The number of likely N-dealkylation sites (N-methyl/N-ethyl adjacent to an activating group) is 1. The highest BCUT2D eigenvalue weighted by atomic mass is 16.3. The molecule has 0 saturated heterocycles. The summed E-state index contributed by atoms with van der Waals surface area (Å²) in [7, 11) is 2.15. The van der Waals surface area contributed by atoms with Crippen LogP contribution in [0.5, 0.6) is 0 Å². The van der Waals surface area contributed by atoms with E-state index in [1.165, 1.54) is 0 Å². The van der Waals surface area contributed by atoms with Gasteiger partial charge in [0.15, 0.2) is 0 Å². The Morgan fingerprint density at radius 3 is 2.90 bits per heavy atom. The SMILES string of the molecule is CC(CNCc1ccco1)N(C)CCc1ccccn1. The second kappa shape index (κ2) is 7.82. The van der Waals surface area contributed by atoms with Crippen molar-refractivity contribution in [3.63, 3.8) is 0 Å². The van der Waals surface area contributed by atoms with Crippen molar-refractivity contribution in [1.82, 2.24) is 15.2 Å². The fraction of sp³-hybridized carbons (Fsp3) is 0.438. The van der Waals surface area contributed by atoms with Gasteiger partial charge < -0.3 is 14.6 Å². The van der Waals surface area contributed by atoms with Crippen LogP contribution in [0.3, 0.4) is 0 Å². The molecule has 2 rings (SSSR count). The Bertz CT molecular complexity index is 470. The normalized spacial score (nSPS) is 12.8. The fourth-order valence-electron chi connectivity index (χ4n) is 2.03. The highest BCUT2D eigenvalue weighted by Crippen LogP contribution is 2.01. The van der Waals surface area contributed by atoms with E-state index in [9.17, 15) is 0 Å². The summed E-state index contributed by atoms with van der Waals surface area (Å²) in [5, 5.41) is 3.42. The number of hydrogen-bond acceptors (Lipinski definition) is 4. The van der Waals surface area contributed by atoms with Crippen LogP contribution in [-0.4, -0.2) is 36.1 Å². The molecule has 0 amide bonds. The third-order valence-corrected chi connectivity index (χ3v) is 3.52. The van der Waals surface area contributed by atoms with Crippen molar-refractivity contribution >= 4 is 0 Å². The van der Waals surface area contributed by atoms with Gasteiger partial charge in [-0.15, -0.1) is 0 Å². The molecule has 0 aromatic carbocycles. The third kappa shape index (κ3) is 4.79. The van der Waals surface area contributed by atoms with Gasteiger partial charge in [-0.2, -0.15) is 0 Å². The van der Waals surface area contributed by atoms with E-state index in [1.807, 2.05) is 30.5 Å². The molecule has 0 aliphatic carbocycles. The molecule has 0 bridgehead atoms. The smallest absolute Gasteiger partial charge is 0.117 e. The number of pyridine rings is 1. The second-order valence-corrected chi connectivity index (χ2v) is 5.11. The van der Waals surface area contributed by atoms with E-state index in [4.69, 9.17) is 4.42 Å². The van der Waals surface area contributed by atoms with Gasteiger partial charge in [0.05, 0.1) is 12.8 Å².